The van der Waals surface area contributed by atoms with Crippen LogP contribution in [0.25, 0.3) is 0 Å². The summed E-state index contributed by atoms with van der Waals surface area (Å²) in [6.07, 6.45) is 6.88. The Hall–Kier alpha value is -1.83. The minimum Gasteiger partial charge on any atom is -0.493 e. The molecular weight excluding hydrogens is 432 g/mol. The summed E-state index contributed by atoms with van der Waals surface area (Å²) in [5.41, 5.74) is 7.53. The number of carbonyl (C=O) groups is 1. The molecule has 194 valence electrons. The molecule has 0 aromatic heterocycles. The van der Waals surface area contributed by atoms with E-state index in [1.807, 2.05) is 12.1 Å². The second-order valence-electron chi connectivity index (χ2n) is 9.94. The smallest absolute Gasteiger partial charge is 0.223 e. The number of hydrogen-bond donors (Lipinski definition) is 3. The minimum absolute atomic E-state index is 0.0580. The lowest BCUT2D eigenvalue weighted by Gasteiger charge is -2.28. The Morgan fingerprint density at radius 3 is 2.53 bits per heavy atom. The van der Waals surface area contributed by atoms with Crippen LogP contribution in [0, 0.1) is 17.8 Å². The maximum atomic E-state index is 12.4. The van der Waals surface area contributed by atoms with E-state index in [1.54, 1.807) is 14.2 Å². The molecule has 0 aliphatic heterocycles. The van der Waals surface area contributed by atoms with Gasteiger partial charge in [-0.05, 0) is 55.2 Å². The molecule has 3 atom stereocenters. The van der Waals surface area contributed by atoms with Crippen molar-refractivity contribution in [1.29, 1.82) is 0 Å². The Morgan fingerprint density at radius 2 is 1.88 bits per heavy atom. The van der Waals surface area contributed by atoms with Crippen molar-refractivity contribution in [1.82, 2.24) is 5.32 Å². The van der Waals surface area contributed by atoms with Crippen molar-refractivity contribution in [3.8, 4) is 11.5 Å². The first kappa shape index (κ1) is 28.4. The highest BCUT2D eigenvalue weighted by atomic mass is 16.5. The van der Waals surface area contributed by atoms with Gasteiger partial charge in [0.15, 0.2) is 11.5 Å². The molecule has 0 heterocycles. The summed E-state index contributed by atoms with van der Waals surface area (Å²) in [5.74, 6) is 2.26. The third kappa shape index (κ3) is 9.43. The summed E-state index contributed by atoms with van der Waals surface area (Å²) in [5, 5.41) is 13.6. The van der Waals surface area contributed by atoms with Crippen molar-refractivity contribution in [2.24, 2.45) is 23.5 Å². The number of methoxy groups -OCH3 is 2. The van der Waals surface area contributed by atoms with Gasteiger partial charge < -0.3 is 30.4 Å². The molecule has 0 bridgehead atoms. The van der Waals surface area contributed by atoms with Gasteiger partial charge in [0.1, 0.15) is 0 Å². The predicted molar refractivity (Wildman–Crippen MR) is 135 cm³/mol. The molecule has 7 nitrogen and oxygen atoms in total. The fourth-order valence-electron chi connectivity index (χ4n) is 4.61. The van der Waals surface area contributed by atoms with Crippen LogP contribution < -0.4 is 20.5 Å². The Bertz CT molecular complexity index is 721. The van der Waals surface area contributed by atoms with Crippen LogP contribution in [0.5, 0.6) is 11.5 Å². The van der Waals surface area contributed by atoms with Crippen molar-refractivity contribution >= 4 is 5.91 Å². The fourth-order valence-corrected chi connectivity index (χ4v) is 4.61. The van der Waals surface area contributed by atoms with Crippen LogP contribution in [-0.4, -0.2) is 57.1 Å². The van der Waals surface area contributed by atoms with E-state index in [1.165, 1.54) is 6.42 Å². The summed E-state index contributed by atoms with van der Waals surface area (Å²) in [4.78, 5) is 12.4. The normalized spacial score (nSPS) is 17.3. The largest absolute Gasteiger partial charge is 0.493 e. The molecule has 1 saturated carbocycles. The van der Waals surface area contributed by atoms with Crippen molar-refractivity contribution in [2.75, 3.05) is 34.0 Å². The van der Waals surface area contributed by atoms with Gasteiger partial charge in [-0.1, -0.05) is 39.2 Å². The van der Waals surface area contributed by atoms with E-state index >= 15 is 0 Å². The number of ether oxygens (including phenoxy) is 3. The molecule has 7 heteroatoms. The molecule has 2 unspecified atom stereocenters. The zero-order valence-electron chi connectivity index (χ0n) is 21.6. The summed E-state index contributed by atoms with van der Waals surface area (Å²) >= 11 is 0. The lowest BCUT2D eigenvalue weighted by atomic mass is 9.83. The molecule has 4 N–H and O–H groups in total. The van der Waals surface area contributed by atoms with Crippen molar-refractivity contribution < 1.29 is 24.1 Å². The summed E-state index contributed by atoms with van der Waals surface area (Å²) in [7, 11) is 3.32. The van der Waals surface area contributed by atoms with Crippen molar-refractivity contribution in [2.45, 2.75) is 77.4 Å². The number of aliphatic hydroxyl groups is 1. The maximum Gasteiger partial charge on any atom is 0.223 e. The topological polar surface area (TPSA) is 103 Å². The zero-order valence-corrected chi connectivity index (χ0v) is 21.6. The van der Waals surface area contributed by atoms with Gasteiger partial charge in [-0.15, -0.1) is 0 Å². The van der Waals surface area contributed by atoms with Crippen LogP contribution in [0.1, 0.15) is 64.4 Å². The first-order valence-corrected chi connectivity index (χ1v) is 12.9. The maximum absolute atomic E-state index is 12.4. The zero-order chi connectivity index (χ0) is 24.9. The lowest BCUT2D eigenvalue weighted by Crippen LogP contribution is -2.46. The predicted octanol–water partition coefficient (Wildman–Crippen LogP) is 3.70. The van der Waals surface area contributed by atoms with E-state index in [2.05, 4.69) is 25.2 Å². The molecule has 0 radical (unpaired) electrons. The average Bonchev–Trinajstić information content (AvgIpc) is 2.85. The van der Waals surface area contributed by atoms with E-state index in [4.69, 9.17) is 19.9 Å². The van der Waals surface area contributed by atoms with E-state index in [9.17, 15) is 9.90 Å². The molecule has 1 aromatic rings. The summed E-state index contributed by atoms with van der Waals surface area (Å²) < 4.78 is 16.5. The van der Waals surface area contributed by atoms with E-state index in [0.717, 1.165) is 49.8 Å². The van der Waals surface area contributed by atoms with E-state index < -0.39 is 12.1 Å². The number of nitrogens with two attached hydrogens (primary N) is 1. The first-order chi connectivity index (χ1) is 16.3. The van der Waals surface area contributed by atoms with Gasteiger partial charge in [0.05, 0.1) is 19.8 Å². The van der Waals surface area contributed by atoms with Gasteiger partial charge in [-0.25, -0.2) is 0 Å². The van der Waals surface area contributed by atoms with Crippen molar-refractivity contribution in [3.63, 3.8) is 0 Å². The van der Waals surface area contributed by atoms with Gasteiger partial charge in [-0.2, -0.15) is 0 Å². The lowest BCUT2D eigenvalue weighted by molar-refractivity contribution is -0.126. The fraction of sp³-hybridized carbons (Fsp3) is 0.741. The molecular formula is C27H46N2O5. The highest BCUT2D eigenvalue weighted by Gasteiger charge is 2.25. The average molecular weight is 479 g/mol. The van der Waals surface area contributed by atoms with Gasteiger partial charge >= 0.3 is 0 Å². The Morgan fingerprint density at radius 1 is 1.15 bits per heavy atom. The molecule has 1 fully saturated rings. The Labute approximate surface area is 205 Å². The monoisotopic (exact) mass is 478 g/mol. The van der Waals surface area contributed by atoms with E-state index in [-0.39, 0.29) is 24.3 Å². The third-order valence-electron chi connectivity index (χ3n) is 6.95. The quantitative estimate of drug-likeness (QED) is 0.332. The van der Waals surface area contributed by atoms with Gasteiger partial charge in [0.25, 0.3) is 0 Å². The minimum atomic E-state index is -0.760. The molecule has 0 spiro atoms. The molecule has 1 aliphatic rings. The summed E-state index contributed by atoms with van der Waals surface area (Å²) in [6.45, 7) is 5.79. The number of rotatable bonds is 15. The number of hydrogen-bond acceptors (Lipinski definition) is 6. The standard InChI is InChI=1S/C27H46N2O5/c1-19(2)22(15-20-11-12-25(33-4)26(16-20)34-14-8-13-32-3)17-23(28)24(30)18-29-27(31)21-9-6-5-7-10-21/h11-12,16,19,21-24,30H,5-10,13-15,17-18,28H2,1-4H3,(H,29,31)/t22?,23-,24?/m0/s1. The van der Waals surface area contributed by atoms with E-state index in [0.29, 0.717) is 31.3 Å². The second kappa shape index (κ2) is 15.2. The first-order valence-electron chi connectivity index (χ1n) is 12.9. The Balaban J connectivity index is 1.91. The SMILES string of the molecule is COCCCOc1cc(CC(C[C@H](N)C(O)CNC(=O)C2CCCCC2)C(C)C)ccc1OC. The molecule has 2 rings (SSSR count). The van der Waals surface area contributed by atoms with Crippen molar-refractivity contribution in [3.05, 3.63) is 23.8 Å². The summed E-state index contributed by atoms with van der Waals surface area (Å²) in [6, 6.07) is 5.63. The van der Waals surface area contributed by atoms with Crippen LogP contribution in [0.3, 0.4) is 0 Å². The number of carbonyl (C=O) groups excluding carboxylic acids is 1. The highest BCUT2D eigenvalue weighted by Crippen LogP contribution is 2.31. The number of amides is 1. The van der Waals surface area contributed by atoms with Crippen LogP contribution in [0.15, 0.2) is 18.2 Å². The van der Waals surface area contributed by atoms with Gasteiger partial charge in [-0.3, -0.25) is 4.79 Å². The Kier molecular flexibility index (Phi) is 12.7. The second-order valence-corrected chi connectivity index (χ2v) is 9.94. The van der Waals surface area contributed by atoms with Crippen LogP contribution in [0.2, 0.25) is 0 Å². The van der Waals surface area contributed by atoms with Gasteiger partial charge in [0.2, 0.25) is 5.91 Å². The highest BCUT2D eigenvalue weighted by molar-refractivity contribution is 5.78. The molecule has 34 heavy (non-hydrogen) atoms. The molecule has 1 aromatic carbocycles. The number of aliphatic hydroxyl groups excluding tert-OH is 1. The van der Waals surface area contributed by atoms with Crippen LogP contribution in [0.4, 0.5) is 0 Å². The molecule has 1 amide bonds. The number of benzene rings is 1. The third-order valence-corrected chi connectivity index (χ3v) is 6.95. The molecule has 1 aliphatic carbocycles. The van der Waals surface area contributed by atoms with Crippen LogP contribution in [-0.2, 0) is 16.0 Å². The van der Waals surface area contributed by atoms with Crippen LogP contribution >= 0.6 is 0 Å². The van der Waals surface area contributed by atoms with Gasteiger partial charge in [0, 0.05) is 38.6 Å². The number of nitrogens with one attached hydrogen (secondary N) is 1. The molecule has 0 saturated heterocycles.